The Morgan fingerprint density at radius 3 is 2.86 bits per heavy atom. The van der Waals surface area contributed by atoms with Crippen molar-refractivity contribution in [1.29, 1.82) is 0 Å². The van der Waals surface area contributed by atoms with Crippen LogP contribution in [0.5, 0.6) is 0 Å². The van der Waals surface area contributed by atoms with Crippen LogP contribution in [0.15, 0.2) is 41.6 Å². The average molecular weight is 185 g/mol. The molecule has 0 saturated heterocycles. The Morgan fingerprint density at radius 1 is 1.29 bits per heavy atom. The van der Waals surface area contributed by atoms with Gasteiger partial charge in [0.05, 0.1) is 11.4 Å². The van der Waals surface area contributed by atoms with Crippen LogP contribution in [0.2, 0.25) is 0 Å². The van der Waals surface area contributed by atoms with Gasteiger partial charge in [0.25, 0.3) is 0 Å². The third-order valence-electron chi connectivity index (χ3n) is 2.21. The summed E-state index contributed by atoms with van der Waals surface area (Å²) >= 11 is 0. The SMILES string of the molecule is C/C(=N/N)c1nccc2ccccc12. The Kier molecular flexibility index (Phi) is 2.14. The second kappa shape index (κ2) is 3.46. The first-order valence-electron chi connectivity index (χ1n) is 4.41. The predicted octanol–water partition coefficient (Wildman–Crippen LogP) is 1.92. The number of fused-ring (bicyclic) bond motifs is 1. The van der Waals surface area contributed by atoms with Crippen molar-refractivity contribution in [2.24, 2.45) is 10.9 Å². The summed E-state index contributed by atoms with van der Waals surface area (Å²) in [6, 6.07) is 10.0. The van der Waals surface area contributed by atoms with E-state index in [1.807, 2.05) is 37.3 Å². The fraction of sp³-hybridized carbons (Fsp3) is 0.0909. The molecule has 14 heavy (non-hydrogen) atoms. The van der Waals surface area contributed by atoms with E-state index in [9.17, 15) is 0 Å². The summed E-state index contributed by atoms with van der Waals surface area (Å²) < 4.78 is 0. The normalized spacial score (nSPS) is 11.9. The molecule has 3 nitrogen and oxygen atoms in total. The van der Waals surface area contributed by atoms with Gasteiger partial charge in [0.15, 0.2) is 0 Å². The molecule has 2 rings (SSSR count). The smallest absolute Gasteiger partial charge is 0.0937 e. The van der Waals surface area contributed by atoms with Gasteiger partial charge in [-0.1, -0.05) is 24.3 Å². The van der Waals surface area contributed by atoms with Crippen molar-refractivity contribution >= 4 is 16.5 Å². The number of hydrazone groups is 1. The number of nitrogens with two attached hydrogens (primary N) is 1. The molecule has 0 atom stereocenters. The molecule has 1 aromatic heterocycles. The zero-order valence-corrected chi connectivity index (χ0v) is 7.94. The van der Waals surface area contributed by atoms with E-state index in [4.69, 9.17) is 5.84 Å². The minimum absolute atomic E-state index is 0.752. The molecule has 1 heterocycles. The Balaban J connectivity index is 2.77. The van der Waals surface area contributed by atoms with E-state index < -0.39 is 0 Å². The highest BCUT2D eigenvalue weighted by atomic mass is 15.1. The molecule has 0 fully saturated rings. The summed E-state index contributed by atoms with van der Waals surface area (Å²) in [4.78, 5) is 4.27. The zero-order valence-electron chi connectivity index (χ0n) is 7.94. The zero-order chi connectivity index (χ0) is 9.97. The maximum absolute atomic E-state index is 5.24. The lowest BCUT2D eigenvalue weighted by Gasteiger charge is -2.03. The van der Waals surface area contributed by atoms with Crippen molar-refractivity contribution in [1.82, 2.24) is 4.98 Å². The third-order valence-corrected chi connectivity index (χ3v) is 2.21. The summed E-state index contributed by atoms with van der Waals surface area (Å²) in [6.07, 6.45) is 1.77. The standard InChI is InChI=1S/C11H11N3/c1-8(14-12)11-10-5-3-2-4-9(10)6-7-13-11/h2-7H,12H2,1H3/b14-8-. The van der Waals surface area contributed by atoms with Gasteiger partial charge in [0.1, 0.15) is 0 Å². The first-order chi connectivity index (χ1) is 6.83. The highest BCUT2D eigenvalue weighted by Gasteiger charge is 2.03. The Morgan fingerprint density at radius 2 is 2.07 bits per heavy atom. The lowest BCUT2D eigenvalue weighted by atomic mass is 10.1. The Bertz CT molecular complexity index is 483. The second-order valence-electron chi connectivity index (χ2n) is 3.10. The first kappa shape index (κ1) is 8.69. The summed E-state index contributed by atoms with van der Waals surface area (Å²) in [5.74, 6) is 5.24. The van der Waals surface area contributed by atoms with Crippen LogP contribution < -0.4 is 5.84 Å². The van der Waals surface area contributed by atoms with Crippen LogP contribution in [0.25, 0.3) is 10.8 Å². The molecule has 1 aromatic carbocycles. The van der Waals surface area contributed by atoms with Gasteiger partial charge in [-0.3, -0.25) is 4.98 Å². The topological polar surface area (TPSA) is 51.3 Å². The van der Waals surface area contributed by atoms with E-state index in [-0.39, 0.29) is 0 Å². The van der Waals surface area contributed by atoms with Gasteiger partial charge in [-0.05, 0) is 18.4 Å². The molecule has 0 aliphatic carbocycles. The first-order valence-corrected chi connectivity index (χ1v) is 4.41. The summed E-state index contributed by atoms with van der Waals surface area (Å²) in [5, 5.41) is 5.90. The average Bonchev–Trinajstić information content (AvgIpc) is 2.27. The highest BCUT2D eigenvalue weighted by molar-refractivity contribution is 6.07. The van der Waals surface area contributed by atoms with Crippen LogP contribution >= 0.6 is 0 Å². The maximum atomic E-state index is 5.24. The van der Waals surface area contributed by atoms with E-state index in [2.05, 4.69) is 10.1 Å². The van der Waals surface area contributed by atoms with Crippen LogP contribution in [0.1, 0.15) is 12.6 Å². The summed E-state index contributed by atoms with van der Waals surface area (Å²) in [6.45, 7) is 1.86. The lowest BCUT2D eigenvalue weighted by molar-refractivity contribution is 1.21. The molecule has 0 spiro atoms. The fourth-order valence-corrected chi connectivity index (χ4v) is 1.47. The van der Waals surface area contributed by atoms with Crippen molar-refractivity contribution in [2.45, 2.75) is 6.92 Å². The van der Waals surface area contributed by atoms with E-state index in [1.54, 1.807) is 6.20 Å². The molecule has 3 heteroatoms. The van der Waals surface area contributed by atoms with E-state index in [1.165, 1.54) is 0 Å². The minimum Gasteiger partial charge on any atom is -0.323 e. The summed E-state index contributed by atoms with van der Waals surface area (Å²) in [5.41, 5.74) is 1.60. The lowest BCUT2D eigenvalue weighted by Crippen LogP contribution is -2.02. The van der Waals surface area contributed by atoms with Crippen LogP contribution in [0.3, 0.4) is 0 Å². The van der Waals surface area contributed by atoms with Crippen LogP contribution in [-0.2, 0) is 0 Å². The largest absolute Gasteiger partial charge is 0.323 e. The number of hydrogen-bond donors (Lipinski definition) is 1. The molecule has 0 saturated carbocycles. The molecule has 0 aliphatic rings. The molecule has 2 aromatic rings. The second-order valence-corrected chi connectivity index (χ2v) is 3.10. The van der Waals surface area contributed by atoms with Crippen LogP contribution in [0, 0.1) is 0 Å². The minimum atomic E-state index is 0.752. The Labute approximate surface area is 82.3 Å². The molecule has 0 unspecified atom stereocenters. The monoisotopic (exact) mass is 185 g/mol. The molecular formula is C11H11N3. The van der Waals surface area contributed by atoms with Gasteiger partial charge in [-0.2, -0.15) is 5.10 Å². The van der Waals surface area contributed by atoms with Gasteiger partial charge in [0.2, 0.25) is 0 Å². The van der Waals surface area contributed by atoms with Crippen LogP contribution in [-0.4, -0.2) is 10.7 Å². The van der Waals surface area contributed by atoms with Gasteiger partial charge in [0, 0.05) is 11.6 Å². The quantitative estimate of drug-likeness (QED) is 0.419. The Hall–Kier alpha value is -1.90. The van der Waals surface area contributed by atoms with E-state index >= 15 is 0 Å². The maximum Gasteiger partial charge on any atom is 0.0937 e. The number of nitrogens with zero attached hydrogens (tertiary/aromatic N) is 2. The van der Waals surface area contributed by atoms with Crippen molar-refractivity contribution in [2.75, 3.05) is 0 Å². The van der Waals surface area contributed by atoms with E-state index in [0.29, 0.717) is 0 Å². The van der Waals surface area contributed by atoms with Crippen molar-refractivity contribution in [3.05, 3.63) is 42.2 Å². The molecule has 0 radical (unpaired) electrons. The third kappa shape index (κ3) is 1.33. The van der Waals surface area contributed by atoms with E-state index in [0.717, 1.165) is 22.2 Å². The molecule has 2 N–H and O–H groups in total. The number of rotatable bonds is 1. The molecule has 70 valence electrons. The van der Waals surface area contributed by atoms with Crippen molar-refractivity contribution < 1.29 is 0 Å². The predicted molar refractivity (Wildman–Crippen MR) is 58.1 cm³/mol. The van der Waals surface area contributed by atoms with Gasteiger partial charge < -0.3 is 5.84 Å². The van der Waals surface area contributed by atoms with Crippen LogP contribution in [0.4, 0.5) is 0 Å². The number of hydrogen-bond acceptors (Lipinski definition) is 3. The highest BCUT2D eigenvalue weighted by Crippen LogP contribution is 2.16. The van der Waals surface area contributed by atoms with Gasteiger partial charge in [-0.25, -0.2) is 0 Å². The molecule has 0 aliphatic heterocycles. The molecule has 0 bridgehead atoms. The molecule has 0 amide bonds. The number of aromatic nitrogens is 1. The number of pyridine rings is 1. The van der Waals surface area contributed by atoms with Gasteiger partial charge in [-0.15, -0.1) is 0 Å². The summed E-state index contributed by atoms with van der Waals surface area (Å²) in [7, 11) is 0. The van der Waals surface area contributed by atoms with Gasteiger partial charge >= 0.3 is 0 Å². The number of benzene rings is 1. The van der Waals surface area contributed by atoms with Crippen molar-refractivity contribution in [3.8, 4) is 0 Å². The van der Waals surface area contributed by atoms with Crippen molar-refractivity contribution in [3.63, 3.8) is 0 Å². The fourth-order valence-electron chi connectivity index (χ4n) is 1.47. The molecular weight excluding hydrogens is 174 g/mol.